The van der Waals surface area contributed by atoms with Gasteiger partial charge in [-0.25, -0.2) is 0 Å². The van der Waals surface area contributed by atoms with Gasteiger partial charge in [0.05, 0.1) is 25.1 Å². The maximum absolute atomic E-state index is 6.04. The van der Waals surface area contributed by atoms with E-state index in [1.807, 2.05) is 36.4 Å². The third-order valence-electron chi connectivity index (χ3n) is 3.60. The fraction of sp³-hybridized carbons (Fsp3) is 0.368. The Morgan fingerprint density at radius 2 is 1.91 bits per heavy atom. The van der Waals surface area contributed by atoms with E-state index in [0.717, 1.165) is 43.0 Å². The lowest BCUT2D eigenvalue weighted by molar-refractivity contribution is 0.319. The zero-order valence-corrected chi connectivity index (χ0v) is 14.0. The number of rotatable bonds is 9. The van der Waals surface area contributed by atoms with Crippen LogP contribution in [0.4, 0.5) is 11.4 Å². The van der Waals surface area contributed by atoms with Gasteiger partial charge in [0.2, 0.25) is 0 Å². The molecule has 0 aliphatic rings. The maximum atomic E-state index is 6.04. The molecule has 0 saturated heterocycles. The van der Waals surface area contributed by atoms with Crippen molar-refractivity contribution < 1.29 is 9.47 Å². The first-order chi connectivity index (χ1) is 11.2. The normalized spacial score (nSPS) is 10.3. The molecule has 0 bridgehead atoms. The summed E-state index contributed by atoms with van der Waals surface area (Å²) in [6.07, 6.45) is 2.98. The minimum absolute atomic E-state index is 0.701. The number of ether oxygens (including phenoxy) is 2. The molecule has 3 N–H and O–H groups in total. The van der Waals surface area contributed by atoms with Crippen LogP contribution in [-0.2, 0) is 6.42 Å². The van der Waals surface area contributed by atoms with Crippen molar-refractivity contribution in [1.82, 2.24) is 0 Å². The minimum atomic E-state index is 0.701. The molecule has 23 heavy (non-hydrogen) atoms. The van der Waals surface area contributed by atoms with Crippen LogP contribution in [0.15, 0.2) is 42.5 Å². The van der Waals surface area contributed by atoms with Gasteiger partial charge < -0.3 is 20.5 Å². The highest BCUT2D eigenvalue weighted by Crippen LogP contribution is 2.24. The minimum Gasteiger partial charge on any atom is -0.495 e. The number of aryl methyl sites for hydroxylation is 1. The Labute approximate surface area is 138 Å². The Morgan fingerprint density at radius 3 is 2.65 bits per heavy atom. The van der Waals surface area contributed by atoms with Gasteiger partial charge in [-0.15, -0.1) is 0 Å². The number of hydrogen-bond donors (Lipinski definition) is 2. The average molecular weight is 314 g/mol. The van der Waals surface area contributed by atoms with Crippen LogP contribution >= 0.6 is 0 Å². The molecule has 2 aromatic rings. The van der Waals surface area contributed by atoms with Crippen molar-refractivity contribution in [2.75, 3.05) is 31.3 Å². The zero-order valence-electron chi connectivity index (χ0n) is 14.0. The van der Waals surface area contributed by atoms with Gasteiger partial charge in [-0.3, -0.25) is 0 Å². The monoisotopic (exact) mass is 314 g/mol. The number of benzene rings is 2. The molecule has 124 valence electrons. The van der Waals surface area contributed by atoms with Crippen molar-refractivity contribution in [1.29, 1.82) is 0 Å². The number of methoxy groups -OCH3 is 1. The molecule has 4 nitrogen and oxygen atoms in total. The fourth-order valence-electron chi connectivity index (χ4n) is 2.40. The second kappa shape index (κ2) is 8.93. The topological polar surface area (TPSA) is 56.5 Å². The zero-order chi connectivity index (χ0) is 16.5. The molecule has 2 rings (SSSR count). The second-order valence-corrected chi connectivity index (χ2v) is 5.45. The van der Waals surface area contributed by atoms with Crippen molar-refractivity contribution in [3.05, 3.63) is 48.0 Å². The van der Waals surface area contributed by atoms with Crippen LogP contribution < -0.4 is 20.5 Å². The smallest absolute Gasteiger partial charge is 0.142 e. The first kappa shape index (κ1) is 17.0. The molecule has 0 heterocycles. The molecule has 0 atom stereocenters. The molecule has 0 aliphatic heterocycles. The van der Waals surface area contributed by atoms with E-state index in [1.165, 1.54) is 5.56 Å². The lowest BCUT2D eigenvalue weighted by Crippen LogP contribution is -2.05. The van der Waals surface area contributed by atoms with Crippen LogP contribution in [0.2, 0.25) is 0 Å². The third kappa shape index (κ3) is 5.09. The number of hydrogen-bond acceptors (Lipinski definition) is 4. The van der Waals surface area contributed by atoms with E-state index in [-0.39, 0.29) is 0 Å². The van der Waals surface area contributed by atoms with E-state index in [9.17, 15) is 0 Å². The van der Waals surface area contributed by atoms with Gasteiger partial charge in [0.15, 0.2) is 0 Å². The first-order valence-corrected chi connectivity index (χ1v) is 8.12. The number of nitrogens with two attached hydrogens (primary N) is 1. The van der Waals surface area contributed by atoms with Gasteiger partial charge in [0, 0.05) is 6.54 Å². The molecular formula is C19H26N2O2. The molecule has 0 unspecified atom stereocenters. The summed E-state index contributed by atoms with van der Waals surface area (Å²) in [5.41, 5.74) is 9.01. The van der Waals surface area contributed by atoms with E-state index in [4.69, 9.17) is 15.2 Å². The quantitative estimate of drug-likeness (QED) is 0.540. The standard InChI is InChI=1S/C19H26N2O2/c1-3-13-23-18-11-10-15(14-16(18)20)7-6-12-21-17-8-4-5-9-19(17)22-2/h4-5,8-11,14,21H,3,6-7,12-13,20H2,1-2H3. The Bertz CT molecular complexity index is 614. The van der Waals surface area contributed by atoms with E-state index >= 15 is 0 Å². The van der Waals surface area contributed by atoms with Crippen molar-refractivity contribution in [3.63, 3.8) is 0 Å². The molecule has 0 amide bonds. The van der Waals surface area contributed by atoms with Crippen molar-refractivity contribution in [2.45, 2.75) is 26.2 Å². The molecular weight excluding hydrogens is 288 g/mol. The third-order valence-corrected chi connectivity index (χ3v) is 3.60. The molecule has 0 radical (unpaired) electrons. The predicted octanol–water partition coefficient (Wildman–Crippen LogP) is 4.11. The van der Waals surface area contributed by atoms with Crippen LogP contribution in [-0.4, -0.2) is 20.3 Å². The van der Waals surface area contributed by atoms with E-state index in [2.05, 4.69) is 18.3 Å². The van der Waals surface area contributed by atoms with Crippen molar-refractivity contribution >= 4 is 11.4 Å². The van der Waals surface area contributed by atoms with Gasteiger partial charge in [0.25, 0.3) is 0 Å². The highest BCUT2D eigenvalue weighted by Gasteiger charge is 2.03. The molecule has 2 aromatic carbocycles. The maximum Gasteiger partial charge on any atom is 0.142 e. The number of nitrogen functional groups attached to an aromatic ring is 1. The highest BCUT2D eigenvalue weighted by molar-refractivity contribution is 5.56. The number of para-hydroxylation sites is 2. The Hall–Kier alpha value is -2.36. The van der Waals surface area contributed by atoms with Gasteiger partial charge in [-0.1, -0.05) is 25.1 Å². The highest BCUT2D eigenvalue weighted by atomic mass is 16.5. The number of anilines is 2. The summed E-state index contributed by atoms with van der Waals surface area (Å²) in [7, 11) is 1.69. The SMILES string of the molecule is CCCOc1ccc(CCCNc2ccccc2OC)cc1N. The van der Waals surface area contributed by atoms with Gasteiger partial charge in [-0.2, -0.15) is 0 Å². The Morgan fingerprint density at radius 1 is 1.09 bits per heavy atom. The van der Waals surface area contributed by atoms with E-state index in [1.54, 1.807) is 7.11 Å². The summed E-state index contributed by atoms with van der Waals surface area (Å²) in [5, 5.41) is 3.41. The van der Waals surface area contributed by atoms with Crippen LogP contribution in [0.1, 0.15) is 25.3 Å². The van der Waals surface area contributed by atoms with Crippen molar-refractivity contribution in [2.24, 2.45) is 0 Å². The molecule has 0 fully saturated rings. The summed E-state index contributed by atoms with van der Waals surface area (Å²) in [6.45, 7) is 3.67. The predicted molar refractivity (Wildman–Crippen MR) is 96.4 cm³/mol. The average Bonchev–Trinajstić information content (AvgIpc) is 2.58. The summed E-state index contributed by atoms with van der Waals surface area (Å²) in [5.74, 6) is 1.65. The Kier molecular flexibility index (Phi) is 6.60. The second-order valence-electron chi connectivity index (χ2n) is 5.45. The van der Waals surface area contributed by atoms with Crippen LogP contribution in [0, 0.1) is 0 Å². The van der Waals surface area contributed by atoms with Crippen LogP contribution in [0.3, 0.4) is 0 Å². The fourth-order valence-corrected chi connectivity index (χ4v) is 2.40. The molecule has 4 heteroatoms. The summed E-state index contributed by atoms with van der Waals surface area (Å²) in [6, 6.07) is 14.0. The molecule has 0 aromatic heterocycles. The van der Waals surface area contributed by atoms with Crippen molar-refractivity contribution in [3.8, 4) is 11.5 Å². The first-order valence-electron chi connectivity index (χ1n) is 8.12. The van der Waals surface area contributed by atoms with Gasteiger partial charge in [-0.05, 0) is 49.1 Å². The lowest BCUT2D eigenvalue weighted by atomic mass is 10.1. The van der Waals surface area contributed by atoms with Gasteiger partial charge >= 0.3 is 0 Å². The van der Waals surface area contributed by atoms with E-state index in [0.29, 0.717) is 12.3 Å². The Balaban J connectivity index is 1.81. The van der Waals surface area contributed by atoms with E-state index < -0.39 is 0 Å². The lowest BCUT2D eigenvalue weighted by Gasteiger charge is -2.12. The summed E-state index contributed by atoms with van der Waals surface area (Å²) < 4.78 is 10.9. The molecule has 0 spiro atoms. The number of nitrogens with one attached hydrogen (secondary N) is 1. The summed E-state index contributed by atoms with van der Waals surface area (Å²) >= 11 is 0. The summed E-state index contributed by atoms with van der Waals surface area (Å²) in [4.78, 5) is 0. The van der Waals surface area contributed by atoms with Crippen LogP contribution in [0.25, 0.3) is 0 Å². The molecule has 0 aliphatic carbocycles. The largest absolute Gasteiger partial charge is 0.495 e. The van der Waals surface area contributed by atoms with Gasteiger partial charge in [0.1, 0.15) is 11.5 Å². The van der Waals surface area contributed by atoms with Crippen LogP contribution in [0.5, 0.6) is 11.5 Å². The molecule has 0 saturated carbocycles.